The average Bonchev–Trinajstić information content (AvgIpc) is 3.04. The lowest BCUT2D eigenvalue weighted by molar-refractivity contribution is -0.140. The molecule has 0 N–H and O–H groups in total. The number of likely N-dealkylation sites (tertiary alicyclic amines) is 2. The van der Waals surface area contributed by atoms with Crippen LogP contribution in [0.1, 0.15) is 43.0 Å². The monoisotopic (exact) mass is 354 g/mol. The number of carbonyl (C=O) groups excluding carboxylic acids is 1. The van der Waals surface area contributed by atoms with Crippen molar-refractivity contribution in [2.75, 3.05) is 19.6 Å². The van der Waals surface area contributed by atoms with Gasteiger partial charge in [0.2, 0.25) is 11.8 Å². The van der Waals surface area contributed by atoms with Crippen LogP contribution < -0.4 is 0 Å². The first-order chi connectivity index (χ1) is 12.6. The molecule has 2 aromatic rings. The smallest absolute Gasteiger partial charge is 0.223 e. The van der Waals surface area contributed by atoms with Gasteiger partial charge in [-0.25, -0.2) is 0 Å². The second-order valence-corrected chi connectivity index (χ2v) is 7.78. The minimum absolute atomic E-state index is 0.194. The molecular formula is C20H26N4O2. The van der Waals surface area contributed by atoms with Crippen LogP contribution in [0.25, 0.3) is 0 Å². The van der Waals surface area contributed by atoms with E-state index in [2.05, 4.69) is 32.1 Å². The number of aromatic nitrogens is 2. The topological polar surface area (TPSA) is 62.5 Å². The van der Waals surface area contributed by atoms with Gasteiger partial charge < -0.3 is 9.42 Å². The minimum Gasteiger partial charge on any atom is -0.340 e. The minimum atomic E-state index is 0.194. The average molecular weight is 354 g/mol. The number of hydrogen-bond donors (Lipinski definition) is 0. The van der Waals surface area contributed by atoms with Crippen molar-refractivity contribution in [3.8, 4) is 0 Å². The third-order valence-corrected chi connectivity index (χ3v) is 5.64. The molecular weight excluding hydrogens is 328 g/mol. The van der Waals surface area contributed by atoms with Crippen molar-refractivity contribution in [2.24, 2.45) is 5.41 Å². The van der Waals surface area contributed by atoms with Gasteiger partial charge >= 0.3 is 0 Å². The van der Waals surface area contributed by atoms with E-state index in [9.17, 15) is 4.79 Å². The predicted octanol–water partition coefficient (Wildman–Crippen LogP) is 2.78. The highest BCUT2D eigenvalue weighted by molar-refractivity contribution is 5.77. The van der Waals surface area contributed by atoms with Crippen molar-refractivity contribution >= 4 is 5.91 Å². The Hall–Kier alpha value is -2.21. The van der Waals surface area contributed by atoms with Crippen molar-refractivity contribution in [2.45, 2.75) is 45.7 Å². The number of rotatable bonds is 4. The van der Waals surface area contributed by atoms with Crippen molar-refractivity contribution in [3.63, 3.8) is 0 Å². The molecule has 0 saturated carbocycles. The molecule has 0 bridgehead atoms. The number of hydrogen-bond acceptors (Lipinski definition) is 5. The van der Waals surface area contributed by atoms with E-state index < -0.39 is 0 Å². The summed E-state index contributed by atoms with van der Waals surface area (Å²) in [5.74, 6) is 1.65. The van der Waals surface area contributed by atoms with Gasteiger partial charge in [0.1, 0.15) is 0 Å². The van der Waals surface area contributed by atoms with Crippen molar-refractivity contribution in [1.29, 1.82) is 0 Å². The summed E-state index contributed by atoms with van der Waals surface area (Å²) in [6.07, 6.45) is 3.98. The first-order valence-electron chi connectivity index (χ1n) is 9.45. The molecule has 2 fully saturated rings. The Morgan fingerprint density at radius 3 is 2.77 bits per heavy atom. The summed E-state index contributed by atoms with van der Waals surface area (Å²) in [5, 5.41) is 4.03. The number of amides is 1. The van der Waals surface area contributed by atoms with Crippen LogP contribution in [-0.4, -0.2) is 45.5 Å². The summed E-state index contributed by atoms with van der Waals surface area (Å²) in [7, 11) is 0. The van der Waals surface area contributed by atoms with Crippen LogP contribution in [0.5, 0.6) is 0 Å². The largest absolute Gasteiger partial charge is 0.340 e. The Labute approximate surface area is 154 Å². The molecule has 138 valence electrons. The lowest BCUT2D eigenvalue weighted by Crippen LogP contribution is -2.53. The summed E-state index contributed by atoms with van der Waals surface area (Å²) < 4.78 is 5.10. The van der Waals surface area contributed by atoms with Gasteiger partial charge in [-0.15, -0.1) is 0 Å². The molecule has 2 aliphatic heterocycles. The van der Waals surface area contributed by atoms with Gasteiger partial charge in [-0.2, -0.15) is 4.98 Å². The third-order valence-electron chi connectivity index (χ3n) is 5.64. The highest BCUT2D eigenvalue weighted by Crippen LogP contribution is 2.39. The number of piperidine rings is 2. The fourth-order valence-corrected chi connectivity index (χ4v) is 4.43. The molecule has 1 spiro atoms. The van der Waals surface area contributed by atoms with Crippen LogP contribution in [0.15, 0.2) is 34.9 Å². The lowest BCUT2D eigenvalue weighted by Gasteiger charge is -2.48. The van der Waals surface area contributed by atoms with E-state index in [0.717, 1.165) is 44.8 Å². The van der Waals surface area contributed by atoms with E-state index in [4.69, 9.17) is 4.52 Å². The van der Waals surface area contributed by atoms with Gasteiger partial charge in [0, 0.05) is 38.4 Å². The Kier molecular flexibility index (Phi) is 4.76. The molecule has 6 heteroatoms. The van der Waals surface area contributed by atoms with Crippen LogP contribution in [0.3, 0.4) is 0 Å². The molecule has 6 nitrogen and oxygen atoms in total. The Morgan fingerprint density at radius 1 is 1.15 bits per heavy atom. The van der Waals surface area contributed by atoms with Gasteiger partial charge in [0.15, 0.2) is 5.82 Å². The van der Waals surface area contributed by atoms with Crippen molar-refractivity contribution < 1.29 is 9.32 Å². The molecule has 1 atom stereocenters. The summed E-state index contributed by atoms with van der Waals surface area (Å²) in [6.45, 7) is 6.17. The third kappa shape index (κ3) is 3.80. The normalized spacial score (nSPS) is 24.3. The van der Waals surface area contributed by atoms with Crippen LogP contribution in [0, 0.1) is 12.3 Å². The maximum atomic E-state index is 12.5. The second-order valence-electron chi connectivity index (χ2n) is 7.78. The molecule has 4 rings (SSSR count). The first kappa shape index (κ1) is 17.2. The maximum Gasteiger partial charge on any atom is 0.223 e. The zero-order valence-electron chi connectivity index (χ0n) is 15.4. The standard InChI is InChI=1S/C20H26N4O2/c1-16-21-18(22-26-16)13-23-11-5-9-20(14-23)10-8-19(25)24(15-20)12-17-6-3-2-4-7-17/h2-4,6-7H,5,8-15H2,1H3/t20-/m1/s1. The molecule has 1 amide bonds. The van der Waals surface area contributed by atoms with Crippen LogP contribution in [-0.2, 0) is 17.9 Å². The molecule has 1 aromatic carbocycles. The summed E-state index contributed by atoms with van der Waals surface area (Å²) >= 11 is 0. The van der Waals surface area contributed by atoms with Gasteiger partial charge in [-0.1, -0.05) is 35.5 Å². The molecule has 0 aliphatic carbocycles. The summed E-state index contributed by atoms with van der Waals surface area (Å²) in [6, 6.07) is 10.3. The zero-order chi connectivity index (χ0) is 18.0. The summed E-state index contributed by atoms with van der Waals surface area (Å²) in [5.41, 5.74) is 1.40. The fraction of sp³-hybridized carbons (Fsp3) is 0.550. The molecule has 0 unspecified atom stereocenters. The van der Waals surface area contributed by atoms with Crippen molar-refractivity contribution in [1.82, 2.24) is 19.9 Å². The molecule has 3 heterocycles. The molecule has 2 aliphatic rings. The fourth-order valence-electron chi connectivity index (χ4n) is 4.43. The summed E-state index contributed by atoms with van der Waals surface area (Å²) in [4.78, 5) is 21.3. The number of aryl methyl sites for hydroxylation is 1. The van der Waals surface area contributed by atoms with Gasteiger partial charge in [-0.3, -0.25) is 9.69 Å². The van der Waals surface area contributed by atoms with Crippen LogP contribution in [0.2, 0.25) is 0 Å². The van der Waals surface area contributed by atoms with Crippen LogP contribution in [0.4, 0.5) is 0 Å². The highest BCUT2D eigenvalue weighted by Gasteiger charge is 2.41. The Balaban J connectivity index is 1.43. The van der Waals surface area contributed by atoms with Crippen LogP contribution >= 0.6 is 0 Å². The first-order valence-corrected chi connectivity index (χ1v) is 9.45. The van der Waals surface area contributed by atoms with Crippen molar-refractivity contribution in [3.05, 3.63) is 47.6 Å². The molecule has 0 radical (unpaired) electrons. The predicted molar refractivity (Wildman–Crippen MR) is 97.1 cm³/mol. The quantitative estimate of drug-likeness (QED) is 0.845. The van der Waals surface area contributed by atoms with E-state index in [1.807, 2.05) is 25.1 Å². The van der Waals surface area contributed by atoms with E-state index in [-0.39, 0.29) is 11.3 Å². The van der Waals surface area contributed by atoms with Gasteiger partial charge in [0.25, 0.3) is 0 Å². The molecule has 2 saturated heterocycles. The Morgan fingerprint density at radius 2 is 2.00 bits per heavy atom. The van der Waals surface area contributed by atoms with E-state index in [0.29, 0.717) is 18.9 Å². The van der Waals surface area contributed by atoms with Gasteiger partial charge in [0.05, 0.1) is 6.54 Å². The molecule has 26 heavy (non-hydrogen) atoms. The van der Waals surface area contributed by atoms with E-state index in [1.165, 1.54) is 12.0 Å². The highest BCUT2D eigenvalue weighted by atomic mass is 16.5. The number of benzene rings is 1. The SMILES string of the molecule is Cc1nc(CN2CCC[C@@]3(CCC(=O)N(Cc4ccccc4)C3)C2)no1. The van der Waals surface area contributed by atoms with E-state index in [1.54, 1.807) is 0 Å². The van der Waals surface area contributed by atoms with E-state index >= 15 is 0 Å². The number of nitrogens with zero attached hydrogens (tertiary/aromatic N) is 4. The Bertz CT molecular complexity index is 760. The maximum absolute atomic E-state index is 12.5. The molecule has 1 aromatic heterocycles. The zero-order valence-corrected chi connectivity index (χ0v) is 15.4. The second kappa shape index (κ2) is 7.19. The number of carbonyl (C=O) groups is 1. The lowest BCUT2D eigenvalue weighted by atomic mass is 9.73. The van der Waals surface area contributed by atoms with Gasteiger partial charge in [-0.05, 0) is 31.4 Å².